The molecule has 2 rings (SSSR count). The number of aromatic nitrogens is 2. The van der Waals surface area contributed by atoms with Gasteiger partial charge >= 0.3 is 0 Å². The third kappa shape index (κ3) is 2.19. The molecule has 0 aliphatic rings. The molecule has 0 aliphatic carbocycles. The van der Waals surface area contributed by atoms with Crippen molar-refractivity contribution < 1.29 is 4.84 Å². The van der Waals surface area contributed by atoms with E-state index in [2.05, 4.69) is 11.6 Å². The van der Waals surface area contributed by atoms with Gasteiger partial charge in [0.1, 0.15) is 7.11 Å². The lowest BCUT2D eigenvalue weighted by Crippen LogP contribution is -2.27. The Kier molecular flexibility index (Phi) is 3.49. The number of hydrogen-bond acceptors (Lipinski definition) is 4. The molecular weight excluding hydrogens is 236 g/mol. The zero-order valence-corrected chi connectivity index (χ0v) is 10.2. The first-order valence-corrected chi connectivity index (χ1v) is 6.06. The van der Waals surface area contributed by atoms with E-state index >= 15 is 0 Å². The van der Waals surface area contributed by atoms with Crippen LogP contribution in [0.4, 0.5) is 0 Å². The van der Waals surface area contributed by atoms with Crippen LogP contribution in [0.1, 0.15) is 0 Å². The van der Waals surface area contributed by atoms with E-state index in [4.69, 9.17) is 4.84 Å². The normalized spacial score (nSPS) is 10.4. The Morgan fingerprint density at radius 1 is 1.53 bits per heavy atom. The Morgan fingerprint density at radius 2 is 2.29 bits per heavy atom. The maximum absolute atomic E-state index is 12.1. The van der Waals surface area contributed by atoms with Gasteiger partial charge in [0, 0.05) is 5.75 Å². The van der Waals surface area contributed by atoms with Gasteiger partial charge < -0.3 is 4.84 Å². The molecule has 1 aromatic heterocycles. The smallest absolute Gasteiger partial charge is 0.295 e. The highest BCUT2D eigenvalue weighted by molar-refractivity contribution is 7.99. The van der Waals surface area contributed by atoms with Crippen molar-refractivity contribution in [2.75, 3.05) is 12.9 Å². The standard InChI is InChI=1S/C12H12N2O2S/c1-3-8-17-12-13-10-7-5-4-6-9(10)11(15)14(12)16-2/h3-7H,1,8H2,2H3. The van der Waals surface area contributed by atoms with Crippen molar-refractivity contribution in [3.8, 4) is 0 Å². The van der Waals surface area contributed by atoms with Crippen molar-refractivity contribution in [1.82, 2.24) is 9.71 Å². The molecule has 2 aromatic rings. The summed E-state index contributed by atoms with van der Waals surface area (Å²) in [6, 6.07) is 7.21. The van der Waals surface area contributed by atoms with Crippen molar-refractivity contribution in [2.45, 2.75) is 5.16 Å². The molecule has 0 N–H and O–H groups in total. The molecule has 0 bridgehead atoms. The highest BCUT2D eigenvalue weighted by atomic mass is 32.2. The first kappa shape index (κ1) is 11.7. The molecule has 0 fully saturated rings. The van der Waals surface area contributed by atoms with Gasteiger partial charge in [0.15, 0.2) is 0 Å². The third-order valence-electron chi connectivity index (χ3n) is 2.22. The summed E-state index contributed by atoms with van der Waals surface area (Å²) in [5.74, 6) is 0.675. The fourth-order valence-electron chi connectivity index (χ4n) is 1.48. The van der Waals surface area contributed by atoms with E-state index < -0.39 is 0 Å². The van der Waals surface area contributed by atoms with E-state index in [0.29, 0.717) is 21.8 Å². The fraction of sp³-hybridized carbons (Fsp3) is 0.167. The van der Waals surface area contributed by atoms with Gasteiger partial charge in [-0.1, -0.05) is 30.0 Å². The number of benzene rings is 1. The Hall–Kier alpha value is -1.75. The van der Waals surface area contributed by atoms with Crippen LogP contribution in [0.15, 0.2) is 46.9 Å². The molecule has 0 radical (unpaired) electrons. The van der Waals surface area contributed by atoms with Crippen LogP contribution in [-0.4, -0.2) is 22.6 Å². The highest BCUT2D eigenvalue weighted by Gasteiger charge is 2.10. The number of thioether (sulfide) groups is 1. The summed E-state index contributed by atoms with van der Waals surface area (Å²) in [7, 11) is 1.45. The van der Waals surface area contributed by atoms with Gasteiger partial charge in [-0.15, -0.1) is 11.3 Å². The van der Waals surface area contributed by atoms with E-state index in [1.807, 2.05) is 18.2 Å². The topological polar surface area (TPSA) is 44.1 Å². The zero-order chi connectivity index (χ0) is 12.3. The van der Waals surface area contributed by atoms with E-state index in [9.17, 15) is 4.79 Å². The van der Waals surface area contributed by atoms with Crippen molar-refractivity contribution in [3.63, 3.8) is 0 Å². The summed E-state index contributed by atoms with van der Waals surface area (Å²) in [6.07, 6.45) is 1.76. The SMILES string of the molecule is C=CCSc1nc2ccccc2c(=O)n1OC. The first-order valence-electron chi connectivity index (χ1n) is 5.08. The maximum Gasteiger partial charge on any atom is 0.295 e. The molecule has 0 amide bonds. The maximum atomic E-state index is 12.1. The number of fused-ring (bicyclic) bond motifs is 1. The molecule has 1 aromatic carbocycles. The second kappa shape index (κ2) is 5.05. The zero-order valence-electron chi connectivity index (χ0n) is 9.42. The lowest BCUT2D eigenvalue weighted by Gasteiger charge is -2.09. The molecule has 5 heteroatoms. The summed E-state index contributed by atoms with van der Waals surface area (Å²) < 4.78 is 1.20. The quantitative estimate of drug-likeness (QED) is 0.469. The van der Waals surface area contributed by atoms with Crippen LogP contribution in [0, 0.1) is 0 Å². The lowest BCUT2D eigenvalue weighted by molar-refractivity contribution is 0.131. The minimum absolute atomic E-state index is 0.190. The Balaban J connectivity index is 2.66. The average molecular weight is 248 g/mol. The number of nitrogens with zero attached hydrogens (tertiary/aromatic N) is 2. The Morgan fingerprint density at radius 3 is 3.00 bits per heavy atom. The average Bonchev–Trinajstić information content (AvgIpc) is 2.36. The van der Waals surface area contributed by atoms with Crippen LogP contribution in [0.5, 0.6) is 0 Å². The molecule has 88 valence electrons. The van der Waals surface area contributed by atoms with Crippen LogP contribution in [0.2, 0.25) is 0 Å². The van der Waals surface area contributed by atoms with Gasteiger partial charge in [0.25, 0.3) is 5.56 Å². The molecule has 0 saturated heterocycles. The molecule has 0 aliphatic heterocycles. The summed E-state index contributed by atoms with van der Waals surface area (Å²) in [5.41, 5.74) is 0.488. The van der Waals surface area contributed by atoms with Gasteiger partial charge in [-0.05, 0) is 12.1 Å². The second-order valence-corrected chi connectivity index (χ2v) is 4.28. The van der Waals surface area contributed by atoms with Crippen LogP contribution < -0.4 is 10.4 Å². The minimum atomic E-state index is -0.190. The molecule has 17 heavy (non-hydrogen) atoms. The van der Waals surface area contributed by atoms with Gasteiger partial charge in [0.2, 0.25) is 5.16 Å². The monoisotopic (exact) mass is 248 g/mol. The largest absolute Gasteiger partial charge is 0.411 e. The van der Waals surface area contributed by atoms with Crippen LogP contribution in [0.25, 0.3) is 10.9 Å². The molecule has 0 spiro atoms. The molecule has 0 unspecified atom stereocenters. The molecule has 1 heterocycles. The summed E-state index contributed by atoms with van der Waals surface area (Å²) >= 11 is 1.41. The third-order valence-corrected chi connectivity index (χ3v) is 3.14. The van der Waals surface area contributed by atoms with Crippen molar-refractivity contribution in [2.24, 2.45) is 0 Å². The number of para-hydroxylation sites is 1. The van der Waals surface area contributed by atoms with E-state index in [0.717, 1.165) is 0 Å². The van der Waals surface area contributed by atoms with Gasteiger partial charge in [-0.3, -0.25) is 4.79 Å². The first-order chi connectivity index (χ1) is 8.27. The van der Waals surface area contributed by atoms with E-state index in [1.165, 1.54) is 23.6 Å². The predicted molar refractivity (Wildman–Crippen MR) is 69.4 cm³/mol. The second-order valence-electron chi connectivity index (χ2n) is 3.29. The molecule has 4 nitrogen and oxygen atoms in total. The van der Waals surface area contributed by atoms with Gasteiger partial charge in [-0.25, -0.2) is 4.98 Å². The van der Waals surface area contributed by atoms with E-state index in [-0.39, 0.29) is 5.56 Å². The van der Waals surface area contributed by atoms with Crippen molar-refractivity contribution in [1.29, 1.82) is 0 Å². The highest BCUT2D eigenvalue weighted by Crippen LogP contribution is 2.16. The predicted octanol–water partition coefficient (Wildman–Crippen LogP) is 1.73. The molecule has 0 saturated carbocycles. The summed E-state index contributed by atoms with van der Waals surface area (Å²) in [4.78, 5) is 21.6. The van der Waals surface area contributed by atoms with E-state index in [1.54, 1.807) is 12.1 Å². The molecular formula is C12H12N2O2S. The van der Waals surface area contributed by atoms with Gasteiger partial charge in [-0.2, -0.15) is 0 Å². The summed E-state index contributed by atoms with van der Waals surface area (Å²) in [5, 5.41) is 1.09. The number of rotatable bonds is 4. The fourth-order valence-corrected chi connectivity index (χ4v) is 2.19. The summed E-state index contributed by atoms with van der Waals surface area (Å²) in [6.45, 7) is 3.64. The minimum Gasteiger partial charge on any atom is -0.411 e. The van der Waals surface area contributed by atoms with Crippen LogP contribution >= 0.6 is 11.8 Å². The van der Waals surface area contributed by atoms with Crippen LogP contribution in [-0.2, 0) is 0 Å². The van der Waals surface area contributed by atoms with Gasteiger partial charge in [0.05, 0.1) is 10.9 Å². The van der Waals surface area contributed by atoms with Crippen LogP contribution in [0.3, 0.4) is 0 Å². The lowest BCUT2D eigenvalue weighted by atomic mass is 10.2. The Labute approximate surface area is 103 Å². The van der Waals surface area contributed by atoms with Crippen molar-refractivity contribution in [3.05, 3.63) is 47.3 Å². The molecule has 0 atom stereocenters. The van der Waals surface area contributed by atoms with Crippen molar-refractivity contribution >= 4 is 22.7 Å². The Bertz CT molecular complexity index is 607. The number of hydrogen-bond donors (Lipinski definition) is 0.